The van der Waals surface area contributed by atoms with Gasteiger partial charge < -0.3 is 4.74 Å². The van der Waals surface area contributed by atoms with E-state index in [-0.39, 0.29) is 12.5 Å². The number of carbonyl (C=O) groups is 1. The Morgan fingerprint density at radius 2 is 1.88 bits per heavy atom. The highest BCUT2D eigenvalue weighted by molar-refractivity contribution is 7.18. The van der Waals surface area contributed by atoms with E-state index in [4.69, 9.17) is 27.9 Å². The minimum absolute atomic E-state index is 0.143. The second kappa shape index (κ2) is 7.61. The van der Waals surface area contributed by atoms with Crippen LogP contribution >= 0.6 is 34.5 Å². The molecular formula is C16H11Cl2N3O2S. The van der Waals surface area contributed by atoms with Gasteiger partial charge in [-0.3, -0.25) is 10.1 Å². The number of nitrogens with zero attached hydrogens (tertiary/aromatic N) is 2. The highest BCUT2D eigenvalue weighted by atomic mass is 35.5. The molecule has 0 aliphatic heterocycles. The van der Waals surface area contributed by atoms with Crippen molar-refractivity contribution < 1.29 is 9.53 Å². The topological polar surface area (TPSA) is 64.1 Å². The second-order valence-electron chi connectivity index (χ2n) is 4.71. The Labute approximate surface area is 152 Å². The van der Waals surface area contributed by atoms with Crippen LogP contribution in [0.2, 0.25) is 10.0 Å². The van der Waals surface area contributed by atoms with Gasteiger partial charge in [-0.2, -0.15) is 0 Å². The van der Waals surface area contributed by atoms with Crippen LogP contribution in [0.3, 0.4) is 0 Å². The molecule has 0 radical (unpaired) electrons. The number of carbonyl (C=O) groups excluding carboxylic acids is 1. The van der Waals surface area contributed by atoms with Gasteiger partial charge in [-0.25, -0.2) is 0 Å². The van der Waals surface area contributed by atoms with Gasteiger partial charge in [0.05, 0.1) is 0 Å². The third-order valence-electron chi connectivity index (χ3n) is 2.93. The smallest absolute Gasteiger partial charge is 0.264 e. The monoisotopic (exact) mass is 379 g/mol. The molecule has 1 aromatic heterocycles. The Morgan fingerprint density at radius 1 is 1.08 bits per heavy atom. The zero-order valence-corrected chi connectivity index (χ0v) is 14.5. The molecule has 0 bridgehead atoms. The van der Waals surface area contributed by atoms with Gasteiger partial charge in [0.2, 0.25) is 5.13 Å². The first-order chi connectivity index (χ1) is 11.6. The van der Waals surface area contributed by atoms with E-state index in [1.54, 1.807) is 36.4 Å². The van der Waals surface area contributed by atoms with Gasteiger partial charge in [0.1, 0.15) is 10.8 Å². The van der Waals surface area contributed by atoms with E-state index < -0.39 is 0 Å². The number of ether oxygens (including phenoxy) is 1. The Morgan fingerprint density at radius 3 is 2.62 bits per heavy atom. The number of hydrogen-bond donors (Lipinski definition) is 1. The molecule has 0 saturated heterocycles. The van der Waals surface area contributed by atoms with E-state index in [0.717, 1.165) is 5.56 Å². The first kappa shape index (κ1) is 16.7. The molecule has 0 aliphatic rings. The summed E-state index contributed by atoms with van der Waals surface area (Å²) in [6, 6.07) is 14.1. The molecule has 0 fully saturated rings. The number of rotatable bonds is 5. The lowest BCUT2D eigenvalue weighted by Crippen LogP contribution is -2.20. The van der Waals surface area contributed by atoms with Crippen molar-refractivity contribution in [3.8, 4) is 16.3 Å². The van der Waals surface area contributed by atoms with Gasteiger partial charge in [0, 0.05) is 15.6 Å². The summed E-state index contributed by atoms with van der Waals surface area (Å²) in [5.74, 6) is 0.200. The van der Waals surface area contributed by atoms with Crippen LogP contribution in [0.1, 0.15) is 0 Å². The summed E-state index contributed by atoms with van der Waals surface area (Å²) >= 11 is 13.0. The fourth-order valence-electron chi connectivity index (χ4n) is 1.84. The van der Waals surface area contributed by atoms with E-state index in [1.165, 1.54) is 11.3 Å². The van der Waals surface area contributed by atoms with Crippen molar-refractivity contribution in [2.75, 3.05) is 11.9 Å². The molecule has 0 aliphatic carbocycles. The minimum atomic E-state index is -0.325. The lowest BCUT2D eigenvalue weighted by atomic mass is 10.2. The number of halogens is 2. The molecule has 8 heteroatoms. The standard InChI is InChI=1S/C16H11Cl2N3O2S/c17-11-6-4-10(5-7-11)15-20-21-16(24-15)19-14(22)9-23-13-3-1-2-12(18)8-13/h1-8H,9H2,(H,19,21,22). The van der Waals surface area contributed by atoms with E-state index >= 15 is 0 Å². The molecule has 1 heterocycles. The molecule has 0 saturated carbocycles. The first-order valence-electron chi connectivity index (χ1n) is 6.88. The molecule has 0 unspecified atom stereocenters. The van der Waals surface area contributed by atoms with Crippen LogP contribution in [-0.2, 0) is 4.79 Å². The normalized spacial score (nSPS) is 10.4. The largest absolute Gasteiger partial charge is 0.484 e. The van der Waals surface area contributed by atoms with Crippen LogP contribution in [0.25, 0.3) is 10.6 Å². The molecule has 1 amide bonds. The van der Waals surface area contributed by atoms with E-state index in [2.05, 4.69) is 15.5 Å². The lowest BCUT2D eigenvalue weighted by molar-refractivity contribution is -0.118. The van der Waals surface area contributed by atoms with Gasteiger partial charge in [0.15, 0.2) is 6.61 Å². The highest BCUT2D eigenvalue weighted by Crippen LogP contribution is 2.27. The SMILES string of the molecule is O=C(COc1cccc(Cl)c1)Nc1nnc(-c2ccc(Cl)cc2)s1. The molecule has 5 nitrogen and oxygen atoms in total. The number of aromatic nitrogens is 2. The molecule has 0 spiro atoms. The van der Waals surface area contributed by atoms with Gasteiger partial charge in [-0.15, -0.1) is 10.2 Å². The molecule has 0 atom stereocenters. The maximum absolute atomic E-state index is 11.9. The number of anilines is 1. The van der Waals surface area contributed by atoms with E-state index in [9.17, 15) is 4.79 Å². The molecule has 1 N–H and O–H groups in total. The fraction of sp³-hybridized carbons (Fsp3) is 0.0625. The Bertz CT molecular complexity index is 853. The molecule has 3 aromatic rings. The zero-order valence-electron chi connectivity index (χ0n) is 12.2. The van der Waals surface area contributed by atoms with Crippen LogP contribution in [0.5, 0.6) is 5.75 Å². The minimum Gasteiger partial charge on any atom is -0.484 e. The summed E-state index contributed by atoms with van der Waals surface area (Å²) in [6.07, 6.45) is 0. The number of hydrogen-bond acceptors (Lipinski definition) is 5. The van der Waals surface area contributed by atoms with Crippen molar-refractivity contribution in [3.63, 3.8) is 0 Å². The van der Waals surface area contributed by atoms with E-state index in [0.29, 0.717) is 25.9 Å². The average molecular weight is 380 g/mol. The molecule has 122 valence electrons. The zero-order chi connectivity index (χ0) is 16.9. The maximum Gasteiger partial charge on any atom is 0.264 e. The predicted molar refractivity (Wildman–Crippen MR) is 95.9 cm³/mol. The quantitative estimate of drug-likeness (QED) is 0.707. The molecule has 3 rings (SSSR count). The Hall–Kier alpha value is -2.15. The van der Waals surface area contributed by atoms with E-state index in [1.807, 2.05) is 12.1 Å². The third kappa shape index (κ3) is 4.44. The van der Waals surface area contributed by atoms with Crippen molar-refractivity contribution in [2.45, 2.75) is 0 Å². The van der Waals surface area contributed by atoms with Crippen molar-refractivity contribution in [1.29, 1.82) is 0 Å². The summed E-state index contributed by atoms with van der Waals surface area (Å²) < 4.78 is 5.37. The Kier molecular flexibility index (Phi) is 5.30. The number of amides is 1. The number of nitrogens with one attached hydrogen (secondary N) is 1. The fourth-order valence-corrected chi connectivity index (χ4v) is 2.92. The van der Waals surface area contributed by atoms with Crippen LogP contribution in [-0.4, -0.2) is 22.7 Å². The maximum atomic E-state index is 11.9. The molecule has 2 aromatic carbocycles. The van der Waals surface area contributed by atoms with Gasteiger partial charge in [-0.1, -0.05) is 52.7 Å². The van der Waals surface area contributed by atoms with Gasteiger partial charge in [0.25, 0.3) is 5.91 Å². The van der Waals surface area contributed by atoms with Gasteiger partial charge >= 0.3 is 0 Å². The Balaban J connectivity index is 1.58. The first-order valence-corrected chi connectivity index (χ1v) is 8.45. The van der Waals surface area contributed by atoms with Crippen LogP contribution in [0, 0.1) is 0 Å². The van der Waals surface area contributed by atoms with Crippen molar-refractivity contribution in [1.82, 2.24) is 10.2 Å². The van der Waals surface area contributed by atoms with Crippen LogP contribution in [0.15, 0.2) is 48.5 Å². The molecule has 24 heavy (non-hydrogen) atoms. The van der Waals surface area contributed by atoms with Crippen molar-refractivity contribution >= 4 is 45.6 Å². The van der Waals surface area contributed by atoms with Gasteiger partial charge in [-0.05, 0) is 30.3 Å². The predicted octanol–water partition coefficient (Wildman–Crippen LogP) is 4.53. The lowest BCUT2D eigenvalue weighted by Gasteiger charge is -2.05. The van der Waals surface area contributed by atoms with Crippen molar-refractivity contribution in [3.05, 3.63) is 58.6 Å². The highest BCUT2D eigenvalue weighted by Gasteiger charge is 2.10. The summed E-state index contributed by atoms with van der Waals surface area (Å²) in [4.78, 5) is 11.9. The summed E-state index contributed by atoms with van der Waals surface area (Å²) in [7, 11) is 0. The number of benzene rings is 2. The van der Waals surface area contributed by atoms with Crippen molar-refractivity contribution in [2.24, 2.45) is 0 Å². The molecular weight excluding hydrogens is 369 g/mol. The summed E-state index contributed by atoms with van der Waals surface area (Å²) in [5.41, 5.74) is 0.882. The van der Waals surface area contributed by atoms with Crippen LogP contribution < -0.4 is 10.1 Å². The van der Waals surface area contributed by atoms with Crippen LogP contribution in [0.4, 0.5) is 5.13 Å². The third-order valence-corrected chi connectivity index (χ3v) is 4.30. The average Bonchev–Trinajstić information content (AvgIpc) is 3.02. The summed E-state index contributed by atoms with van der Waals surface area (Å²) in [5, 5.41) is 12.9. The summed E-state index contributed by atoms with van der Waals surface area (Å²) in [6.45, 7) is -0.143. The second-order valence-corrected chi connectivity index (χ2v) is 6.56.